The summed E-state index contributed by atoms with van der Waals surface area (Å²) < 4.78 is 0. The van der Waals surface area contributed by atoms with Crippen LogP contribution in [0.3, 0.4) is 0 Å². The van der Waals surface area contributed by atoms with E-state index in [1.165, 1.54) is 11.3 Å². The Morgan fingerprint density at radius 3 is 2.44 bits per heavy atom. The van der Waals surface area contributed by atoms with Crippen molar-refractivity contribution in [1.29, 1.82) is 0 Å². The van der Waals surface area contributed by atoms with Crippen molar-refractivity contribution in [2.24, 2.45) is 0 Å². The minimum absolute atomic E-state index is 0. The topological polar surface area (TPSA) is 52.2 Å². The van der Waals surface area contributed by atoms with Crippen LogP contribution in [0.1, 0.15) is 27.2 Å². The summed E-state index contributed by atoms with van der Waals surface area (Å²) in [5.41, 5.74) is 7.50. The number of carbonyl (C=O) groups is 1. The fourth-order valence-electron chi connectivity index (χ4n) is 4.37. The van der Waals surface area contributed by atoms with Crippen LogP contribution in [-0.4, -0.2) is 33.9 Å². The van der Waals surface area contributed by atoms with E-state index in [1.807, 2.05) is 48.4 Å². The molecule has 5 rings (SSSR count). The van der Waals surface area contributed by atoms with Gasteiger partial charge in [-0.1, -0.05) is 54.6 Å². The molecule has 0 atom stereocenters. The molecule has 3 aromatic carbocycles. The molecule has 0 aliphatic carbocycles. The summed E-state index contributed by atoms with van der Waals surface area (Å²) in [5.74, 6) is 0.0857. The zero-order valence-corrected chi connectivity index (χ0v) is 20.6. The van der Waals surface area contributed by atoms with Gasteiger partial charge >= 0.3 is 0 Å². The number of aryl methyl sites for hydroxylation is 1. The maximum atomic E-state index is 13.5. The highest BCUT2D eigenvalue weighted by Crippen LogP contribution is 2.32. The number of rotatable bonds is 4. The smallest absolute Gasteiger partial charge is 0.254 e. The first-order valence-corrected chi connectivity index (χ1v) is 10.9. The molecule has 0 spiro atoms. The minimum atomic E-state index is 0. The van der Waals surface area contributed by atoms with Gasteiger partial charge in [0.2, 0.25) is 0 Å². The Kier molecular flexibility index (Phi) is 8.37. The second kappa shape index (κ2) is 11.2. The molecule has 0 unspecified atom stereocenters. The molecule has 5 nitrogen and oxygen atoms in total. The standard InChI is InChI=1S/C27H26N4O.2ClH/c1-20-7-5-6-10-25(20)27(32)31-14-13-30(18-24-16-28-19-29-24)26-12-11-22(15-23(26)17-31)21-8-3-2-4-9-21;;/h2-12,15-16,19H,13-14,17-18H2,1H3,(H,28,29);2*1H. The van der Waals surface area contributed by atoms with Crippen LogP contribution in [0.25, 0.3) is 11.1 Å². The first kappa shape index (κ1) is 25.3. The number of hydrogen-bond donors (Lipinski definition) is 1. The van der Waals surface area contributed by atoms with Crippen LogP contribution in [0.15, 0.2) is 85.3 Å². The van der Waals surface area contributed by atoms with Gasteiger partial charge in [-0.15, -0.1) is 24.8 Å². The van der Waals surface area contributed by atoms with E-state index in [9.17, 15) is 4.79 Å². The van der Waals surface area contributed by atoms with Gasteiger partial charge in [-0.05, 0) is 47.4 Å². The van der Waals surface area contributed by atoms with E-state index in [4.69, 9.17) is 0 Å². The molecule has 4 aromatic rings. The molecule has 1 aliphatic heterocycles. The molecular weight excluding hydrogens is 467 g/mol. The number of carbonyl (C=O) groups excluding carboxylic acids is 1. The number of benzene rings is 3. The highest BCUT2D eigenvalue weighted by atomic mass is 35.5. The zero-order chi connectivity index (χ0) is 21.9. The SMILES string of the molecule is Cc1ccccc1C(=O)N1CCN(Cc2cnc[nH]2)c2ccc(-c3ccccc3)cc2C1.Cl.Cl. The quantitative estimate of drug-likeness (QED) is 0.384. The number of nitrogens with one attached hydrogen (secondary N) is 1. The summed E-state index contributed by atoms with van der Waals surface area (Å²) in [7, 11) is 0. The van der Waals surface area contributed by atoms with E-state index in [2.05, 4.69) is 57.3 Å². The minimum Gasteiger partial charge on any atom is -0.364 e. The Balaban J connectivity index is 0.00000162. The second-order valence-corrected chi connectivity index (χ2v) is 8.25. The van der Waals surface area contributed by atoms with Gasteiger partial charge in [-0.2, -0.15) is 0 Å². The third-order valence-electron chi connectivity index (χ3n) is 6.11. The van der Waals surface area contributed by atoms with Gasteiger partial charge in [0.15, 0.2) is 0 Å². The van der Waals surface area contributed by atoms with Gasteiger partial charge in [0.1, 0.15) is 0 Å². The number of hydrogen-bond acceptors (Lipinski definition) is 3. The highest BCUT2D eigenvalue weighted by molar-refractivity contribution is 5.95. The zero-order valence-electron chi connectivity index (χ0n) is 19.0. The largest absolute Gasteiger partial charge is 0.364 e. The molecule has 0 bridgehead atoms. The van der Waals surface area contributed by atoms with Crippen molar-refractivity contribution in [2.45, 2.75) is 20.0 Å². The van der Waals surface area contributed by atoms with Crippen molar-refractivity contribution in [3.8, 4) is 11.1 Å². The van der Waals surface area contributed by atoms with E-state index < -0.39 is 0 Å². The molecule has 0 saturated carbocycles. The van der Waals surface area contributed by atoms with Crippen molar-refractivity contribution in [3.05, 3.63) is 108 Å². The number of halogens is 2. The first-order valence-electron chi connectivity index (χ1n) is 10.9. The molecule has 1 aliphatic rings. The predicted octanol–water partition coefficient (Wildman–Crippen LogP) is 5.89. The summed E-state index contributed by atoms with van der Waals surface area (Å²) in [6.07, 6.45) is 3.57. The fraction of sp³-hybridized carbons (Fsp3) is 0.185. The Hall–Kier alpha value is -3.28. The normalized spacial score (nSPS) is 12.7. The first-order chi connectivity index (χ1) is 15.7. The van der Waals surface area contributed by atoms with Gasteiger partial charge < -0.3 is 14.8 Å². The average Bonchev–Trinajstić information content (AvgIpc) is 3.27. The van der Waals surface area contributed by atoms with Crippen molar-refractivity contribution in [3.63, 3.8) is 0 Å². The van der Waals surface area contributed by atoms with Crippen LogP contribution in [-0.2, 0) is 13.1 Å². The Morgan fingerprint density at radius 1 is 0.941 bits per heavy atom. The third kappa shape index (κ3) is 5.27. The predicted molar refractivity (Wildman–Crippen MR) is 142 cm³/mol. The Labute approximate surface area is 212 Å². The van der Waals surface area contributed by atoms with Crippen molar-refractivity contribution in [1.82, 2.24) is 14.9 Å². The lowest BCUT2D eigenvalue weighted by Crippen LogP contribution is -2.35. The average molecular weight is 495 g/mol. The number of fused-ring (bicyclic) bond motifs is 1. The van der Waals surface area contributed by atoms with Crippen molar-refractivity contribution in [2.75, 3.05) is 18.0 Å². The molecule has 1 amide bonds. The number of anilines is 1. The van der Waals surface area contributed by atoms with Gasteiger partial charge in [-0.25, -0.2) is 4.98 Å². The number of H-pyrrole nitrogens is 1. The lowest BCUT2D eigenvalue weighted by Gasteiger charge is -2.24. The lowest BCUT2D eigenvalue weighted by molar-refractivity contribution is 0.0750. The fourth-order valence-corrected chi connectivity index (χ4v) is 4.37. The Bertz CT molecular complexity index is 1230. The number of aromatic nitrogens is 2. The van der Waals surface area contributed by atoms with Crippen LogP contribution >= 0.6 is 24.8 Å². The Morgan fingerprint density at radius 2 is 1.71 bits per heavy atom. The van der Waals surface area contributed by atoms with Gasteiger partial charge in [-0.3, -0.25) is 4.79 Å². The lowest BCUT2D eigenvalue weighted by atomic mass is 10.0. The van der Waals surface area contributed by atoms with E-state index >= 15 is 0 Å². The highest BCUT2D eigenvalue weighted by Gasteiger charge is 2.25. The van der Waals surface area contributed by atoms with Gasteiger partial charge in [0.05, 0.1) is 18.6 Å². The van der Waals surface area contributed by atoms with Crippen LogP contribution in [0.2, 0.25) is 0 Å². The van der Waals surface area contributed by atoms with E-state index in [0.717, 1.165) is 41.0 Å². The summed E-state index contributed by atoms with van der Waals surface area (Å²) >= 11 is 0. The number of nitrogens with zero attached hydrogens (tertiary/aromatic N) is 3. The maximum Gasteiger partial charge on any atom is 0.254 e. The van der Waals surface area contributed by atoms with Crippen LogP contribution in [0.5, 0.6) is 0 Å². The van der Waals surface area contributed by atoms with E-state index in [0.29, 0.717) is 13.1 Å². The molecule has 0 saturated heterocycles. The van der Waals surface area contributed by atoms with E-state index in [1.54, 1.807) is 6.33 Å². The summed E-state index contributed by atoms with van der Waals surface area (Å²) in [4.78, 5) is 25.1. The number of imidazole rings is 1. The van der Waals surface area contributed by atoms with Gasteiger partial charge in [0, 0.05) is 37.1 Å². The molecule has 1 N–H and O–H groups in total. The summed E-state index contributed by atoms with van der Waals surface area (Å²) in [6.45, 7) is 4.73. The monoisotopic (exact) mass is 494 g/mol. The molecule has 7 heteroatoms. The van der Waals surface area contributed by atoms with Crippen LogP contribution < -0.4 is 4.90 Å². The van der Waals surface area contributed by atoms with Crippen LogP contribution in [0, 0.1) is 6.92 Å². The molecule has 0 fully saturated rings. The van der Waals surface area contributed by atoms with Crippen LogP contribution in [0.4, 0.5) is 5.69 Å². The molecule has 2 heterocycles. The third-order valence-corrected chi connectivity index (χ3v) is 6.11. The van der Waals surface area contributed by atoms with E-state index in [-0.39, 0.29) is 30.7 Å². The summed E-state index contributed by atoms with van der Waals surface area (Å²) in [5, 5.41) is 0. The summed E-state index contributed by atoms with van der Waals surface area (Å²) in [6, 6.07) is 24.8. The van der Waals surface area contributed by atoms with Crippen molar-refractivity contribution < 1.29 is 4.79 Å². The van der Waals surface area contributed by atoms with Crippen molar-refractivity contribution >= 4 is 36.4 Å². The molecular formula is C27H28Cl2N4O. The molecule has 1 aromatic heterocycles. The molecule has 34 heavy (non-hydrogen) atoms. The second-order valence-electron chi connectivity index (χ2n) is 8.25. The number of amides is 1. The van der Waals surface area contributed by atoms with Gasteiger partial charge in [0.25, 0.3) is 5.91 Å². The maximum absolute atomic E-state index is 13.5. The molecule has 0 radical (unpaired) electrons. The number of aromatic amines is 1. The molecule has 176 valence electrons.